The van der Waals surface area contributed by atoms with E-state index in [2.05, 4.69) is 24.0 Å². The first kappa shape index (κ1) is 13.2. The molecule has 1 heterocycles. The average molecular weight is 249 g/mol. The first-order chi connectivity index (χ1) is 8.83. The van der Waals surface area contributed by atoms with Gasteiger partial charge in [-0.05, 0) is 36.6 Å². The molecule has 1 atom stereocenters. The number of ether oxygens (including phenoxy) is 2. The topological polar surface area (TPSA) is 21.7 Å². The zero-order valence-electron chi connectivity index (χ0n) is 11.4. The van der Waals surface area contributed by atoms with Crippen LogP contribution in [0.5, 0.6) is 5.75 Å². The van der Waals surface area contributed by atoms with Gasteiger partial charge in [-0.1, -0.05) is 13.3 Å². The van der Waals surface area contributed by atoms with Crippen molar-refractivity contribution in [1.29, 1.82) is 0 Å². The minimum Gasteiger partial charge on any atom is -0.491 e. The van der Waals surface area contributed by atoms with Crippen LogP contribution in [0.4, 0.5) is 5.69 Å². The summed E-state index contributed by atoms with van der Waals surface area (Å²) in [6, 6.07) is 8.40. The lowest BCUT2D eigenvalue weighted by Crippen LogP contribution is -2.19. The van der Waals surface area contributed by atoms with E-state index in [4.69, 9.17) is 9.47 Å². The molecular weight excluding hydrogens is 226 g/mol. The van der Waals surface area contributed by atoms with E-state index in [0.29, 0.717) is 13.2 Å². The molecule has 1 aliphatic heterocycles. The van der Waals surface area contributed by atoms with Crippen LogP contribution < -0.4 is 9.64 Å². The summed E-state index contributed by atoms with van der Waals surface area (Å²) in [5.41, 5.74) is 1.31. The quantitative estimate of drug-likeness (QED) is 0.724. The Labute approximate surface area is 110 Å². The molecule has 0 aromatic heterocycles. The first-order valence-corrected chi connectivity index (χ1v) is 6.80. The van der Waals surface area contributed by atoms with E-state index in [-0.39, 0.29) is 0 Å². The summed E-state index contributed by atoms with van der Waals surface area (Å²) < 4.78 is 10.5. The van der Waals surface area contributed by atoms with Crippen LogP contribution in [-0.2, 0) is 4.74 Å². The summed E-state index contributed by atoms with van der Waals surface area (Å²) in [5, 5.41) is 0. The fourth-order valence-corrected chi connectivity index (χ4v) is 2.40. The van der Waals surface area contributed by atoms with Crippen molar-refractivity contribution in [1.82, 2.24) is 0 Å². The lowest BCUT2D eigenvalue weighted by atomic mass is 10.1. The minimum atomic E-state index is 0.609. The molecule has 3 nitrogen and oxygen atoms in total. The first-order valence-electron chi connectivity index (χ1n) is 6.80. The van der Waals surface area contributed by atoms with Crippen LogP contribution in [0.3, 0.4) is 0 Å². The van der Waals surface area contributed by atoms with E-state index in [1.54, 1.807) is 7.11 Å². The second-order valence-corrected chi connectivity index (χ2v) is 4.84. The number of anilines is 1. The van der Waals surface area contributed by atoms with E-state index >= 15 is 0 Å². The third-order valence-corrected chi connectivity index (χ3v) is 3.62. The molecule has 1 saturated heterocycles. The molecule has 0 amide bonds. The van der Waals surface area contributed by atoms with Gasteiger partial charge in [-0.15, -0.1) is 0 Å². The molecule has 1 aromatic carbocycles. The Bertz CT molecular complexity index is 350. The molecule has 100 valence electrons. The number of nitrogens with zero attached hydrogens (tertiary/aromatic N) is 1. The van der Waals surface area contributed by atoms with Gasteiger partial charge in [-0.3, -0.25) is 0 Å². The Hall–Kier alpha value is -1.22. The van der Waals surface area contributed by atoms with E-state index in [0.717, 1.165) is 11.7 Å². The molecule has 1 aliphatic rings. The predicted molar refractivity (Wildman–Crippen MR) is 74.4 cm³/mol. The maximum absolute atomic E-state index is 5.56. The van der Waals surface area contributed by atoms with E-state index < -0.39 is 0 Å². The second-order valence-electron chi connectivity index (χ2n) is 4.84. The standard InChI is InChI=1S/C15H23NO2/c1-3-13-8-9-16(12-13)14-4-6-15(7-5-14)18-11-10-17-2/h4-7,13H,3,8-12H2,1-2H3. The smallest absolute Gasteiger partial charge is 0.119 e. The van der Waals surface area contributed by atoms with Gasteiger partial charge in [0.1, 0.15) is 12.4 Å². The Balaban J connectivity index is 1.87. The zero-order valence-corrected chi connectivity index (χ0v) is 11.4. The van der Waals surface area contributed by atoms with Crippen LogP contribution >= 0.6 is 0 Å². The average Bonchev–Trinajstić information content (AvgIpc) is 2.89. The molecule has 1 unspecified atom stereocenters. The number of hydrogen-bond acceptors (Lipinski definition) is 3. The highest BCUT2D eigenvalue weighted by molar-refractivity contribution is 5.49. The van der Waals surface area contributed by atoms with Crippen LogP contribution in [0.25, 0.3) is 0 Å². The highest BCUT2D eigenvalue weighted by Gasteiger charge is 2.20. The van der Waals surface area contributed by atoms with Crippen LogP contribution in [0.15, 0.2) is 24.3 Å². The van der Waals surface area contributed by atoms with Crippen LogP contribution in [0.1, 0.15) is 19.8 Å². The summed E-state index contributed by atoms with van der Waals surface area (Å²) in [7, 11) is 1.68. The normalized spacial score (nSPS) is 19.2. The molecule has 3 heteroatoms. The Kier molecular flexibility index (Phi) is 4.88. The van der Waals surface area contributed by atoms with Gasteiger partial charge in [0.05, 0.1) is 6.61 Å². The lowest BCUT2D eigenvalue weighted by Gasteiger charge is -2.18. The maximum Gasteiger partial charge on any atom is 0.119 e. The SMILES string of the molecule is CCC1CCN(c2ccc(OCCOC)cc2)C1. The Morgan fingerprint density at radius 1 is 1.22 bits per heavy atom. The summed E-state index contributed by atoms with van der Waals surface area (Å²) in [6.07, 6.45) is 2.61. The van der Waals surface area contributed by atoms with Gasteiger partial charge in [0, 0.05) is 25.9 Å². The van der Waals surface area contributed by atoms with Crippen LogP contribution in [0, 0.1) is 5.92 Å². The summed E-state index contributed by atoms with van der Waals surface area (Å²) in [5.74, 6) is 1.78. The van der Waals surface area contributed by atoms with Crippen molar-refractivity contribution in [2.24, 2.45) is 5.92 Å². The van der Waals surface area contributed by atoms with Gasteiger partial charge in [0.2, 0.25) is 0 Å². The Morgan fingerprint density at radius 3 is 2.61 bits per heavy atom. The number of hydrogen-bond donors (Lipinski definition) is 0. The highest BCUT2D eigenvalue weighted by Crippen LogP contribution is 2.26. The molecule has 2 rings (SSSR count). The molecule has 0 aliphatic carbocycles. The number of methoxy groups -OCH3 is 1. The third kappa shape index (κ3) is 3.39. The second kappa shape index (κ2) is 6.64. The number of benzene rings is 1. The van der Waals surface area contributed by atoms with Crippen LogP contribution in [0.2, 0.25) is 0 Å². The highest BCUT2D eigenvalue weighted by atomic mass is 16.5. The minimum absolute atomic E-state index is 0.609. The van der Waals surface area contributed by atoms with Crippen molar-refractivity contribution in [3.8, 4) is 5.75 Å². The van der Waals surface area contributed by atoms with E-state index in [9.17, 15) is 0 Å². The molecule has 1 fully saturated rings. The molecule has 0 spiro atoms. The predicted octanol–water partition coefficient (Wildman–Crippen LogP) is 2.95. The van der Waals surface area contributed by atoms with Gasteiger partial charge < -0.3 is 14.4 Å². The molecule has 0 radical (unpaired) electrons. The molecule has 18 heavy (non-hydrogen) atoms. The largest absolute Gasteiger partial charge is 0.491 e. The van der Waals surface area contributed by atoms with Crippen molar-refractivity contribution in [2.45, 2.75) is 19.8 Å². The fraction of sp³-hybridized carbons (Fsp3) is 0.600. The lowest BCUT2D eigenvalue weighted by molar-refractivity contribution is 0.146. The summed E-state index contributed by atoms with van der Waals surface area (Å²) in [6.45, 7) is 5.90. The van der Waals surface area contributed by atoms with Crippen LogP contribution in [-0.4, -0.2) is 33.4 Å². The zero-order chi connectivity index (χ0) is 12.8. The van der Waals surface area contributed by atoms with Gasteiger partial charge in [0.15, 0.2) is 0 Å². The third-order valence-electron chi connectivity index (χ3n) is 3.62. The fourth-order valence-electron chi connectivity index (χ4n) is 2.40. The van der Waals surface area contributed by atoms with Gasteiger partial charge in [-0.2, -0.15) is 0 Å². The molecule has 0 bridgehead atoms. The monoisotopic (exact) mass is 249 g/mol. The summed E-state index contributed by atoms with van der Waals surface area (Å²) in [4.78, 5) is 2.47. The van der Waals surface area contributed by atoms with Gasteiger partial charge in [0.25, 0.3) is 0 Å². The molecular formula is C15H23NO2. The van der Waals surface area contributed by atoms with Gasteiger partial charge in [-0.25, -0.2) is 0 Å². The van der Waals surface area contributed by atoms with Crippen molar-refractivity contribution < 1.29 is 9.47 Å². The van der Waals surface area contributed by atoms with Crippen molar-refractivity contribution in [3.05, 3.63) is 24.3 Å². The molecule has 1 aromatic rings. The summed E-state index contributed by atoms with van der Waals surface area (Å²) >= 11 is 0. The van der Waals surface area contributed by atoms with Crippen molar-refractivity contribution in [3.63, 3.8) is 0 Å². The van der Waals surface area contributed by atoms with Crippen molar-refractivity contribution in [2.75, 3.05) is 38.3 Å². The maximum atomic E-state index is 5.56. The van der Waals surface area contributed by atoms with Crippen molar-refractivity contribution >= 4 is 5.69 Å². The molecule has 0 saturated carbocycles. The Morgan fingerprint density at radius 2 is 2.00 bits per heavy atom. The van der Waals surface area contributed by atoms with E-state index in [1.807, 2.05) is 12.1 Å². The number of rotatable bonds is 6. The molecule has 0 N–H and O–H groups in total. The van der Waals surface area contributed by atoms with E-state index in [1.165, 1.54) is 31.6 Å². The van der Waals surface area contributed by atoms with Gasteiger partial charge >= 0.3 is 0 Å².